The van der Waals surface area contributed by atoms with E-state index in [1.807, 2.05) is 0 Å². The maximum Gasteiger partial charge on any atom is 0.261 e. The first kappa shape index (κ1) is 24.2. The first-order valence-corrected chi connectivity index (χ1v) is 12.0. The number of aromatic nitrogens is 1. The highest BCUT2D eigenvalue weighted by Crippen LogP contribution is 2.34. The van der Waals surface area contributed by atoms with Gasteiger partial charge in [-0.3, -0.25) is 9.52 Å². The van der Waals surface area contributed by atoms with Crippen LogP contribution in [0.25, 0.3) is 11.3 Å². The third kappa shape index (κ3) is 5.13. The summed E-state index contributed by atoms with van der Waals surface area (Å²) in [5.74, 6) is -0.618. The Morgan fingerprint density at radius 3 is 2.46 bits per heavy atom. The summed E-state index contributed by atoms with van der Waals surface area (Å²) in [4.78, 5) is 13.0. The highest BCUT2D eigenvalue weighted by molar-refractivity contribution is 7.92. The molecule has 0 spiro atoms. The molecule has 1 heterocycles. The number of methoxy groups -OCH3 is 1. The number of hydrogen-bond donors (Lipinski definition) is 2. The van der Waals surface area contributed by atoms with E-state index in [0.717, 1.165) is 0 Å². The van der Waals surface area contributed by atoms with Gasteiger partial charge >= 0.3 is 0 Å². The van der Waals surface area contributed by atoms with Gasteiger partial charge < -0.3 is 14.6 Å². The van der Waals surface area contributed by atoms with E-state index in [1.54, 1.807) is 24.3 Å². The van der Waals surface area contributed by atoms with Gasteiger partial charge in [0.25, 0.3) is 15.9 Å². The number of nitrogens with zero attached hydrogens (tertiary/aromatic N) is 1. The number of hydrogen-bond acceptors (Lipinski definition) is 6. The van der Waals surface area contributed by atoms with Gasteiger partial charge in [0.1, 0.15) is 28.6 Å². The molecule has 0 aliphatic heterocycles. The summed E-state index contributed by atoms with van der Waals surface area (Å²) in [6, 6.07) is 16.1. The number of amides is 1. The smallest absolute Gasteiger partial charge is 0.261 e. The molecule has 0 fully saturated rings. The lowest BCUT2D eigenvalue weighted by atomic mass is 10.0. The van der Waals surface area contributed by atoms with Crippen molar-refractivity contribution in [2.75, 3.05) is 17.1 Å². The van der Waals surface area contributed by atoms with Crippen molar-refractivity contribution in [3.63, 3.8) is 0 Å². The monoisotopic (exact) mass is 515 g/mol. The molecule has 1 aromatic heterocycles. The van der Waals surface area contributed by atoms with Crippen LogP contribution < -0.4 is 14.8 Å². The van der Waals surface area contributed by atoms with Crippen molar-refractivity contribution in [3.8, 4) is 17.0 Å². The van der Waals surface area contributed by atoms with E-state index in [-0.39, 0.29) is 38.2 Å². The minimum Gasteiger partial charge on any atom is -0.497 e. The highest BCUT2D eigenvalue weighted by atomic mass is 35.5. The second-order valence-corrected chi connectivity index (χ2v) is 9.46. The molecule has 11 heteroatoms. The number of ether oxygens (including phenoxy) is 1. The third-order valence-electron chi connectivity index (χ3n) is 5.03. The zero-order valence-electron chi connectivity index (χ0n) is 18.5. The molecule has 0 saturated heterocycles. The van der Waals surface area contributed by atoms with E-state index in [0.29, 0.717) is 11.4 Å². The zero-order chi connectivity index (χ0) is 25.2. The number of anilines is 2. The van der Waals surface area contributed by atoms with Gasteiger partial charge in [-0.05, 0) is 61.5 Å². The van der Waals surface area contributed by atoms with Crippen molar-refractivity contribution in [2.24, 2.45) is 0 Å². The molecule has 2 N–H and O–H groups in total. The topological polar surface area (TPSA) is 111 Å². The Balaban J connectivity index is 1.60. The number of nitrogens with one attached hydrogen (secondary N) is 2. The molecule has 3 aromatic carbocycles. The molecule has 1 amide bonds. The molecule has 0 unspecified atom stereocenters. The van der Waals surface area contributed by atoms with E-state index in [4.69, 9.17) is 20.9 Å². The molecule has 0 aliphatic rings. The molecular formula is C24H19ClFN3O5S. The lowest BCUT2D eigenvalue weighted by Crippen LogP contribution is -2.16. The quantitative estimate of drug-likeness (QED) is 0.336. The predicted molar refractivity (Wildman–Crippen MR) is 130 cm³/mol. The van der Waals surface area contributed by atoms with Crippen LogP contribution in [0.5, 0.6) is 5.75 Å². The average molecular weight is 516 g/mol. The maximum atomic E-state index is 14.4. The van der Waals surface area contributed by atoms with Gasteiger partial charge in [0.2, 0.25) is 0 Å². The second kappa shape index (κ2) is 9.77. The van der Waals surface area contributed by atoms with E-state index in [2.05, 4.69) is 15.2 Å². The summed E-state index contributed by atoms with van der Waals surface area (Å²) in [6.07, 6.45) is 0. The van der Waals surface area contributed by atoms with Crippen LogP contribution in [0, 0.1) is 12.7 Å². The minimum atomic E-state index is -3.96. The Kier molecular flexibility index (Phi) is 6.77. The van der Waals surface area contributed by atoms with Gasteiger partial charge in [0.05, 0.1) is 22.6 Å². The Hall–Kier alpha value is -3.89. The SMILES string of the molecule is COc1ccc(NS(=O)(=O)c2cccc(NC(=O)c3c(-c4c(F)cccc4Cl)noc3C)c2)cc1. The van der Waals surface area contributed by atoms with Crippen LogP contribution in [-0.4, -0.2) is 26.6 Å². The van der Waals surface area contributed by atoms with Crippen LogP contribution in [-0.2, 0) is 10.0 Å². The van der Waals surface area contributed by atoms with E-state index < -0.39 is 21.7 Å². The van der Waals surface area contributed by atoms with Gasteiger partial charge in [0, 0.05) is 11.4 Å². The van der Waals surface area contributed by atoms with E-state index >= 15 is 0 Å². The average Bonchev–Trinajstić information content (AvgIpc) is 3.20. The van der Waals surface area contributed by atoms with E-state index in [9.17, 15) is 17.6 Å². The van der Waals surface area contributed by atoms with Gasteiger partial charge in [-0.25, -0.2) is 12.8 Å². The van der Waals surface area contributed by atoms with Crippen LogP contribution >= 0.6 is 11.6 Å². The van der Waals surface area contributed by atoms with Crippen LogP contribution in [0.4, 0.5) is 15.8 Å². The number of sulfonamides is 1. The fourth-order valence-electron chi connectivity index (χ4n) is 3.34. The molecule has 35 heavy (non-hydrogen) atoms. The Labute approximate surface area is 205 Å². The van der Waals surface area contributed by atoms with Gasteiger partial charge in [-0.15, -0.1) is 0 Å². The number of aryl methyl sites for hydroxylation is 1. The predicted octanol–water partition coefficient (Wildman–Crippen LogP) is 5.50. The molecule has 0 aliphatic carbocycles. The maximum absolute atomic E-state index is 14.4. The molecule has 0 bridgehead atoms. The summed E-state index contributed by atoms with van der Waals surface area (Å²) in [7, 11) is -2.45. The highest BCUT2D eigenvalue weighted by Gasteiger charge is 2.26. The molecule has 0 saturated carbocycles. The fourth-order valence-corrected chi connectivity index (χ4v) is 4.70. The summed E-state index contributed by atoms with van der Waals surface area (Å²) in [6.45, 7) is 1.50. The molecule has 4 aromatic rings. The van der Waals surface area contributed by atoms with Crippen LogP contribution in [0.3, 0.4) is 0 Å². The normalized spacial score (nSPS) is 11.2. The number of rotatable bonds is 7. The number of halogens is 2. The molecule has 180 valence electrons. The Morgan fingerprint density at radius 1 is 1.06 bits per heavy atom. The van der Waals surface area contributed by atoms with Gasteiger partial charge in [-0.1, -0.05) is 28.9 Å². The first-order valence-electron chi connectivity index (χ1n) is 10.2. The molecular weight excluding hydrogens is 497 g/mol. The molecule has 0 radical (unpaired) electrons. The second-order valence-electron chi connectivity index (χ2n) is 7.37. The van der Waals surface area contributed by atoms with Crippen molar-refractivity contribution < 1.29 is 26.9 Å². The molecule has 8 nitrogen and oxygen atoms in total. The largest absolute Gasteiger partial charge is 0.497 e. The molecule has 0 atom stereocenters. The zero-order valence-corrected chi connectivity index (χ0v) is 20.1. The van der Waals surface area contributed by atoms with Gasteiger partial charge in [-0.2, -0.15) is 0 Å². The third-order valence-corrected chi connectivity index (χ3v) is 6.73. The summed E-state index contributed by atoms with van der Waals surface area (Å²) >= 11 is 6.13. The number of carbonyl (C=O) groups excluding carboxylic acids is 1. The lowest BCUT2D eigenvalue weighted by molar-refractivity contribution is 0.102. The van der Waals surface area contributed by atoms with Crippen molar-refractivity contribution in [1.29, 1.82) is 0 Å². The summed E-state index contributed by atoms with van der Waals surface area (Å²) in [5.41, 5.74) is 0.372. The van der Waals surface area contributed by atoms with Crippen LogP contribution in [0.1, 0.15) is 16.1 Å². The Bertz CT molecular complexity index is 1480. The number of carbonyl (C=O) groups is 1. The van der Waals surface area contributed by atoms with Crippen LogP contribution in [0.15, 0.2) is 76.1 Å². The van der Waals surface area contributed by atoms with Gasteiger partial charge in [0.15, 0.2) is 0 Å². The first-order chi connectivity index (χ1) is 16.7. The summed E-state index contributed by atoms with van der Waals surface area (Å²) in [5, 5.41) is 6.48. The number of benzene rings is 3. The minimum absolute atomic E-state index is 0.0263. The summed E-state index contributed by atoms with van der Waals surface area (Å²) < 4.78 is 52.8. The molecule has 4 rings (SSSR count). The van der Waals surface area contributed by atoms with Crippen molar-refractivity contribution in [1.82, 2.24) is 5.16 Å². The standard InChI is InChI=1S/C24H19ClFN3O5S/c1-14-21(23(28-34-14)22-19(25)7-4-8-20(22)26)24(30)27-16-5-3-6-18(13-16)35(31,32)29-15-9-11-17(33-2)12-10-15/h3-13,29H,1-2H3,(H,27,30). The van der Waals surface area contributed by atoms with Crippen molar-refractivity contribution >= 4 is 38.9 Å². The van der Waals surface area contributed by atoms with E-state index in [1.165, 1.54) is 56.5 Å². The van der Waals surface area contributed by atoms with Crippen molar-refractivity contribution in [3.05, 3.63) is 88.9 Å². The van der Waals surface area contributed by atoms with Crippen molar-refractivity contribution in [2.45, 2.75) is 11.8 Å². The lowest BCUT2D eigenvalue weighted by Gasteiger charge is -2.11. The fraction of sp³-hybridized carbons (Fsp3) is 0.0833. The Morgan fingerprint density at radius 2 is 1.77 bits per heavy atom. The van der Waals surface area contributed by atoms with Crippen LogP contribution in [0.2, 0.25) is 5.02 Å².